The van der Waals surface area contributed by atoms with Gasteiger partial charge in [-0.1, -0.05) is 18.2 Å². The number of amides is 2. The molecule has 0 fully saturated rings. The zero-order valence-electron chi connectivity index (χ0n) is 17.1. The number of hydrogen-bond acceptors (Lipinski definition) is 4. The van der Waals surface area contributed by atoms with E-state index in [0.29, 0.717) is 30.2 Å². The van der Waals surface area contributed by atoms with Gasteiger partial charge in [-0.25, -0.2) is 0 Å². The van der Waals surface area contributed by atoms with Crippen LogP contribution in [0.1, 0.15) is 34.0 Å². The monoisotopic (exact) mass is 384 g/mol. The first-order valence-corrected chi connectivity index (χ1v) is 9.25. The standard InChI is InChI=1S/C22H28N2O4/c1-14-12-15(2)16(3)20(13-14)28-17(4)21(25)24-19-9-7-6-8-18(19)22(26)23-10-11-27-5/h6-9,12-13,17H,10-11H2,1-5H3,(H,23,26)(H,24,25)/t17-/m1/s1. The van der Waals surface area contributed by atoms with E-state index in [1.807, 2.05) is 26.8 Å². The van der Waals surface area contributed by atoms with Gasteiger partial charge in [0.15, 0.2) is 6.10 Å². The summed E-state index contributed by atoms with van der Waals surface area (Å²) in [6.45, 7) is 8.46. The van der Waals surface area contributed by atoms with Gasteiger partial charge in [0.05, 0.1) is 17.9 Å². The molecule has 0 unspecified atom stereocenters. The van der Waals surface area contributed by atoms with E-state index < -0.39 is 6.10 Å². The van der Waals surface area contributed by atoms with E-state index >= 15 is 0 Å². The summed E-state index contributed by atoms with van der Waals surface area (Å²) in [5.74, 6) is 0.0909. The average molecular weight is 384 g/mol. The van der Waals surface area contributed by atoms with Gasteiger partial charge in [0.25, 0.3) is 11.8 Å². The third-order valence-corrected chi connectivity index (χ3v) is 4.46. The Morgan fingerprint density at radius 1 is 1.11 bits per heavy atom. The van der Waals surface area contributed by atoms with Gasteiger partial charge >= 0.3 is 0 Å². The number of hydrogen-bond donors (Lipinski definition) is 2. The van der Waals surface area contributed by atoms with E-state index in [9.17, 15) is 9.59 Å². The third-order valence-electron chi connectivity index (χ3n) is 4.46. The lowest BCUT2D eigenvalue weighted by Gasteiger charge is -2.19. The Balaban J connectivity index is 2.09. The zero-order chi connectivity index (χ0) is 20.7. The molecule has 0 radical (unpaired) electrons. The second-order valence-corrected chi connectivity index (χ2v) is 6.75. The van der Waals surface area contributed by atoms with E-state index in [0.717, 1.165) is 16.7 Å². The van der Waals surface area contributed by atoms with Crippen LogP contribution >= 0.6 is 0 Å². The lowest BCUT2D eigenvalue weighted by atomic mass is 10.1. The molecule has 2 aromatic rings. The van der Waals surface area contributed by atoms with Crippen molar-refractivity contribution in [2.75, 3.05) is 25.6 Å². The summed E-state index contributed by atoms with van der Waals surface area (Å²) >= 11 is 0. The molecule has 0 saturated carbocycles. The number of nitrogens with one attached hydrogen (secondary N) is 2. The van der Waals surface area contributed by atoms with Gasteiger partial charge in [0.1, 0.15) is 5.75 Å². The highest BCUT2D eigenvalue weighted by Crippen LogP contribution is 2.25. The molecule has 0 bridgehead atoms. The molecule has 2 aromatic carbocycles. The molecule has 0 aliphatic carbocycles. The predicted octanol–water partition coefficient (Wildman–Crippen LogP) is 3.39. The van der Waals surface area contributed by atoms with E-state index in [1.54, 1.807) is 38.3 Å². The predicted molar refractivity (Wildman–Crippen MR) is 110 cm³/mol. The second-order valence-electron chi connectivity index (χ2n) is 6.75. The molecule has 1 atom stereocenters. The largest absolute Gasteiger partial charge is 0.481 e. The van der Waals surface area contributed by atoms with Gasteiger partial charge in [0, 0.05) is 13.7 Å². The van der Waals surface area contributed by atoms with Gasteiger partial charge in [-0.05, 0) is 62.6 Å². The SMILES string of the molecule is COCCNC(=O)c1ccccc1NC(=O)[C@@H](C)Oc1cc(C)cc(C)c1C. The maximum Gasteiger partial charge on any atom is 0.265 e. The molecule has 6 nitrogen and oxygen atoms in total. The van der Waals surface area contributed by atoms with Crippen molar-refractivity contribution >= 4 is 17.5 Å². The molecule has 2 amide bonds. The minimum absolute atomic E-state index is 0.272. The number of ether oxygens (including phenoxy) is 2. The second kappa shape index (κ2) is 9.90. The lowest BCUT2D eigenvalue weighted by Crippen LogP contribution is -2.32. The number of carbonyl (C=O) groups excluding carboxylic acids is 2. The molecule has 0 heterocycles. The molecule has 2 rings (SSSR count). The maximum atomic E-state index is 12.6. The van der Waals surface area contributed by atoms with Crippen LogP contribution in [0.5, 0.6) is 5.75 Å². The fourth-order valence-electron chi connectivity index (χ4n) is 2.75. The molecule has 0 aliphatic rings. The van der Waals surface area contributed by atoms with Crippen LogP contribution < -0.4 is 15.4 Å². The van der Waals surface area contributed by atoms with Crippen LogP contribution in [0.2, 0.25) is 0 Å². The highest BCUT2D eigenvalue weighted by atomic mass is 16.5. The lowest BCUT2D eigenvalue weighted by molar-refractivity contribution is -0.122. The number of para-hydroxylation sites is 1. The zero-order valence-corrected chi connectivity index (χ0v) is 17.1. The van der Waals surface area contributed by atoms with Crippen LogP contribution in [0.3, 0.4) is 0 Å². The highest BCUT2D eigenvalue weighted by molar-refractivity contribution is 6.04. The number of benzene rings is 2. The molecule has 0 aromatic heterocycles. The summed E-state index contributed by atoms with van der Waals surface area (Å²) in [5.41, 5.74) is 4.02. The number of methoxy groups -OCH3 is 1. The van der Waals surface area contributed by atoms with Crippen LogP contribution in [0, 0.1) is 20.8 Å². The van der Waals surface area contributed by atoms with Crippen molar-refractivity contribution in [1.82, 2.24) is 5.32 Å². The van der Waals surface area contributed by atoms with Crippen LogP contribution in [0.25, 0.3) is 0 Å². The van der Waals surface area contributed by atoms with Crippen molar-refractivity contribution in [2.24, 2.45) is 0 Å². The fraction of sp³-hybridized carbons (Fsp3) is 0.364. The molecule has 150 valence electrons. The molecule has 6 heteroatoms. The summed E-state index contributed by atoms with van der Waals surface area (Å²) in [6, 6.07) is 10.9. The Kier molecular flexibility index (Phi) is 7.58. The summed E-state index contributed by atoms with van der Waals surface area (Å²) in [5, 5.41) is 5.55. The summed E-state index contributed by atoms with van der Waals surface area (Å²) in [7, 11) is 1.57. The van der Waals surface area contributed by atoms with Crippen LogP contribution in [-0.2, 0) is 9.53 Å². The van der Waals surface area contributed by atoms with Crippen LogP contribution in [-0.4, -0.2) is 38.2 Å². The van der Waals surface area contributed by atoms with Gasteiger partial charge in [0.2, 0.25) is 0 Å². The van der Waals surface area contributed by atoms with Crippen molar-refractivity contribution in [2.45, 2.75) is 33.8 Å². The van der Waals surface area contributed by atoms with Crippen molar-refractivity contribution in [3.63, 3.8) is 0 Å². The van der Waals surface area contributed by atoms with E-state index in [-0.39, 0.29) is 11.8 Å². The molecular weight excluding hydrogens is 356 g/mol. The summed E-state index contributed by atoms with van der Waals surface area (Å²) in [6.07, 6.45) is -0.718. The highest BCUT2D eigenvalue weighted by Gasteiger charge is 2.19. The van der Waals surface area contributed by atoms with E-state index in [4.69, 9.17) is 9.47 Å². The summed E-state index contributed by atoms with van der Waals surface area (Å²) < 4.78 is 10.8. The third kappa shape index (κ3) is 5.57. The minimum Gasteiger partial charge on any atom is -0.481 e. The normalized spacial score (nSPS) is 11.6. The Labute approximate surface area is 166 Å². The number of rotatable bonds is 8. The quantitative estimate of drug-likeness (QED) is 0.684. The number of carbonyl (C=O) groups is 2. The van der Waals surface area contributed by atoms with Crippen molar-refractivity contribution in [3.05, 3.63) is 58.7 Å². The molecular formula is C22H28N2O4. The first-order valence-electron chi connectivity index (χ1n) is 9.25. The molecule has 0 saturated heterocycles. The Bertz CT molecular complexity index is 848. The van der Waals surface area contributed by atoms with Crippen molar-refractivity contribution in [3.8, 4) is 5.75 Å². The topological polar surface area (TPSA) is 76.7 Å². The van der Waals surface area contributed by atoms with Crippen LogP contribution in [0.4, 0.5) is 5.69 Å². The molecule has 2 N–H and O–H groups in total. The number of aryl methyl sites for hydroxylation is 2. The van der Waals surface area contributed by atoms with Gasteiger partial charge < -0.3 is 20.1 Å². The maximum absolute atomic E-state index is 12.6. The Morgan fingerprint density at radius 2 is 1.82 bits per heavy atom. The molecule has 0 aliphatic heterocycles. The Hall–Kier alpha value is -2.86. The minimum atomic E-state index is -0.718. The Morgan fingerprint density at radius 3 is 2.54 bits per heavy atom. The van der Waals surface area contributed by atoms with Gasteiger partial charge in [-0.15, -0.1) is 0 Å². The first-order chi connectivity index (χ1) is 13.3. The van der Waals surface area contributed by atoms with Crippen molar-refractivity contribution in [1.29, 1.82) is 0 Å². The smallest absolute Gasteiger partial charge is 0.265 e. The van der Waals surface area contributed by atoms with E-state index in [2.05, 4.69) is 16.7 Å². The van der Waals surface area contributed by atoms with Gasteiger partial charge in [-0.3, -0.25) is 9.59 Å². The summed E-state index contributed by atoms with van der Waals surface area (Å²) in [4.78, 5) is 25.0. The number of anilines is 1. The van der Waals surface area contributed by atoms with E-state index in [1.165, 1.54) is 0 Å². The van der Waals surface area contributed by atoms with Gasteiger partial charge in [-0.2, -0.15) is 0 Å². The average Bonchev–Trinajstić information content (AvgIpc) is 2.66. The first kappa shape index (κ1) is 21.4. The van der Waals surface area contributed by atoms with Crippen molar-refractivity contribution < 1.29 is 19.1 Å². The molecule has 28 heavy (non-hydrogen) atoms. The van der Waals surface area contributed by atoms with Crippen LogP contribution in [0.15, 0.2) is 36.4 Å². The fourth-order valence-corrected chi connectivity index (χ4v) is 2.75. The molecule has 0 spiro atoms.